The van der Waals surface area contributed by atoms with Gasteiger partial charge in [-0.2, -0.15) is 0 Å². The van der Waals surface area contributed by atoms with Crippen LogP contribution in [-0.4, -0.2) is 5.91 Å². The predicted molar refractivity (Wildman–Crippen MR) is 95.0 cm³/mol. The molecule has 126 valence electrons. The van der Waals surface area contributed by atoms with E-state index < -0.39 is 0 Å². The third-order valence-corrected chi connectivity index (χ3v) is 3.65. The van der Waals surface area contributed by atoms with Gasteiger partial charge in [0.1, 0.15) is 12.0 Å². The summed E-state index contributed by atoms with van der Waals surface area (Å²) in [7, 11) is 0. The highest BCUT2D eigenvalue weighted by atomic mass is 35.5. The highest BCUT2D eigenvalue weighted by Gasteiger charge is 2.18. The number of hydrogen-bond donors (Lipinski definition) is 2. The van der Waals surface area contributed by atoms with Crippen molar-refractivity contribution >= 4 is 29.9 Å². The van der Waals surface area contributed by atoms with Crippen molar-refractivity contribution in [3.8, 4) is 0 Å². The topological polar surface area (TPSA) is 68.3 Å². The van der Waals surface area contributed by atoms with Gasteiger partial charge in [-0.3, -0.25) is 4.79 Å². The average molecular weight is 357 g/mol. The maximum Gasteiger partial charge on any atom is 0.255 e. The van der Waals surface area contributed by atoms with Gasteiger partial charge in [-0.05, 0) is 36.1 Å². The van der Waals surface area contributed by atoms with Crippen LogP contribution in [0.5, 0.6) is 0 Å². The number of carbonyl (C=O) groups excluding carboxylic acids is 1. The third kappa shape index (κ3) is 5.57. The lowest BCUT2D eigenvalue weighted by molar-refractivity contribution is 0.0931. The Kier molecular flexibility index (Phi) is 7.62. The van der Waals surface area contributed by atoms with E-state index in [9.17, 15) is 4.79 Å². The minimum atomic E-state index is -0.163. The third-order valence-electron chi connectivity index (χ3n) is 3.40. The second kappa shape index (κ2) is 8.96. The molecule has 0 bridgehead atoms. The minimum Gasteiger partial charge on any atom is -0.467 e. The maximum absolute atomic E-state index is 12.4. The summed E-state index contributed by atoms with van der Waals surface area (Å²) in [5.74, 6) is 0.881. The smallest absolute Gasteiger partial charge is 0.255 e. The van der Waals surface area contributed by atoms with Crippen LogP contribution in [0.15, 0.2) is 41.0 Å². The van der Waals surface area contributed by atoms with E-state index in [-0.39, 0.29) is 30.9 Å². The van der Waals surface area contributed by atoms with Crippen LogP contribution in [-0.2, 0) is 6.54 Å². The molecule has 1 aromatic carbocycles. The lowest BCUT2D eigenvalue weighted by atomic mass is 9.97. The van der Waals surface area contributed by atoms with Gasteiger partial charge >= 0.3 is 0 Å². The van der Waals surface area contributed by atoms with E-state index >= 15 is 0 Å². The van der Waals surface area contributed by atoms with Crippen molar-refractivity contribution in [1.29, 1.82) is 0 Å². The molecule has 0 saturated carbocycles. The fourth-order valence-electron chi connectivity index (χ4n) is 2.29. The number of nitrogens with two attached hydrogens (primary N) is 1. The van der Waals surface area contributed by atoms with Crippen LogP contribution in [0.3, 0.4) is 0 Å². The molecule has 0 radical (unpaired) electrons. The number of furan rings is 1. The fraction of sp³-hybridized carbons (Fsp3) is 0.353. The number of hydrogen-bond acceptors (Lipinski definition) is 3. The van der Waals surface area contributed by atoms with Crippen LogP contribution in [0.4, 0.5) is 0 Å². The highest BCUT2D eigenvalue weighted by molar-refractivity contribution is 6.30. The summed E-state index contributed by atoms with van der Waals surface area (Å²) in [6, 6.07) is 9.15. The predicted octanol–water partition coefficient (Wildman–Crippen LogP) is 4.33. The van der Waals surface area contributed by atoms with E-state index in [1.807, 2.05) is 24.3 Å². The molecule has 1 heterocycles. The summed E-state index contributed by atoms with van der Waals surface area (Å²) in [6.45, 7) is 4.53. The summed E-state index contributed by atoms with van der Waals surface area (Å²) in [6.07, 6.45) is 2.28. The van der Waals surface area contributed by atoms with Crippen molar-refractivity contribution < 1.29 is 9.21 Å². The molecule has 0 saturated heterocycles. The molecule has 23 heavy (non-hydrogen) atoms. The van der Waals surface area contributed by atoms with Crippen LogP contribution in [0.2, 0.25) is 5.02 Å². The Labute approximate surface area is 147 Å². The zero-order chi connectivity index (χ0) is 16.1. The van der Waals surface area contributed by atoms with Gasteiger partial charge in [0.25, 0.3) is 5.91 Å². The number of nitrogens with one attached hydrogen (secondary N) is 1. The molecule has 0 spiro atoms. The Morgan fingerprint density at radius 1 is 1.30 bits per heavy atom. The van der Waals surface area contributed by atoms with Crippen molar-refractivity contribution in [3.63, 3.8) is 0 Å². The van der Waals surface area contributed by atoms with Crippen molar-refractivity contribution in [1.82, 2.24) is 5.32 Å². The molecule has 3 N–H and O–H groups in total. The number of amides is 1. The Morgan fingerprint density at radius 2 is 1.96 bits per heavy atom. The standard InChI is InChI=1S/C17H21ClN2O2.ClH/c1-11(2)7-16(12-3-5-14(18)6-4-12)20-17(21)13-8-15(9-19)22-10-13;/h3-6,8,10-11,16H,7,9,19H2,1-2H3,(H,20,21);1H. The van der Waals surface area contributed by atoms with E-state index in [2.05, 4.69) is 19.2 Å². The second-order valence-corrected chi connectivity index (χ2v) is 6.15. The second-order valence-electron chi connectivity index (χ2n) is 5.71. The van der Waals surface area contributed by atoms with Gasteiger partial charge in [0.05, 0.1) is 18.2 Å². The first kappa shape index (κ1) is 19.6. The first-order valence-corrected chi connectivity index (χ1v) is 7.71. The molecule has 1 aromatic heterocycles. The quantitative estimate of drug-likeness (QED) is 0.809. The van der Waals surface area contributed by atoms with Crippen LogP contribution >= 0.6 is 24.0 Å². The van der Waals surface area contributed by atoms with Crippen molar-refractivity contribution in [2.75, 3.05) is 0 Å². The average Bonchev–Trinajstić information content (AvgIpc) is 2.96. The van der Waals surface area contributed by atoms with Crippen molar-refractivity contribution in [2.45, 2.75) is 32.9 Å². The SMILES string of the molecule is CC(C)CC(NC(=O)c1coc(CN)c1)c1ccc(Cl)cc1.Cl. The fourth-order valence-corrected chi connectivity index (χ4v) is 2.42. The molecule has 2 aromatic rings. The van der Waals surface area contributed by atoms with E-state index in [0.717, 1.165) is 12.0 Å². The summed E-state index contributed by atoms with van der Waals surface area (Å²) in [5.41, 5.74) is 7.02. The highest BCUT2D eigenvalue weighted by Crippen LogP contribution is 2.23. The molecule has 6 heteroatoms. The maximum atomic E-state index is 12.4. The molecule has 0 fully saturated rings. The molecule has 1 unspecified atom stereocenters. The Morgan fingerprint density at radius 3 is 2.48 bits per heavy atom. The van der Waals surface area contributed by atoms with Gasteiger partial charge in [0.2, 0.25) is 0 Å². The summed E-state index contributed by atoms with van der Waals surface area (Å²) in [4.78, 5) is 12.4. The normalized spacial score (nSPS) is 11.9. The zero-order valence-electron chi connectivity index (χ0n) is 13.2. The van der Waals surface area contributed by atoms with Gasteiger partial charge in [0, 0.05) is 5.02 Å². The van der Waals surface area contributed by atoms with Gasteiger partial charge in [-0.1, -0.05) is 37.6 Å². The van der Waals surface area contributed by atoms with E-state index in [1.165, 1.54) is 6.26 Å². The number of rotatable bonds is 6. The lowest BCUT2D eigenvalue weighted by Gasteiger charge is -2.21. The summed E-state index contributed by atoms with van der Waals surface area (Å²) >= 11 is 5.93. The molecule has 0 aliphatic carbocycles. The minimum absolute atomic E-state index is 0. The molecular formula is C17H22Cl2N2O2. The van der Waals surface area contributed by atoms with Gasteiger partial charge in [-0.25, -0.2) is 0 Å². The molecule has 4 nitrogen and oxygen atoms in total. The van der Waals surface area contributed by atoms with Gasteiger partial charge in [-0.15, -0.1) is 12.4 Å². The number of carbonyl (C=O) groups is 1. The molecule has 1 atom stereocenters. The van der Waals surface area contributed by atoms with E-state index in [4.69, 9.17) is 21.8 Å². The Balaban J connectivity index is 0.00000264. The van der Waals surface area contributed by atoms with Gasteiger partial charge < -0.3 is 15.5 Å². The molecule has 2 rings (SSSR count). The van der Waals surface area contributed by atoms with Gasteiger partial charge in [0.15, 0.2) is 0 Å². The first-order chi connectivity index (χ1) is 10.5. The Hall–Kier alpha value is -1.49. The molecule has 0 aliphatic rings. The first-order valence-electron chi connectivity index (χ1n) is 7.33. The molecule has 1 amide bonds. The number of halogens is 2. The largest absolute Gasteiger partial charge is 0.467 e. The number of benzene rings is 1. The van der Waals surface area contributed by atoms with Crippen LogP contribution in [0.25, 0.3) is 0 Å². The lowest BCUT2D eigenvalue weighted by Crippen LogP contribution is -2.29. The van der Waals surface area contributed by atoms with Crippen LogP contribution in [0, 0.1) is 5.92 Å². The van der Waals surface area contributed by atoms with Crippen LogP contribution in [0.1, 0.15) is 48.0 Å². The molecular weight excluding hydrogens is 335 g/mol. The summed E-state index contributed by atoms with van der Waals surface area (Å²) < 4.78 is 5.22. The van der Waals surface area contributed by atoms with E-state index in [1.54, 1.807) is 6.07 Å². The van der Waals surface area contributed by atoms with Crippen molar-refractivity contribution in [2.24, 2.45) is 11.7 Å². The summed E-state index contributed by atoms with van der Waals surface area (Å²) in [5, 5.41) is 3.74. The Bertz CT molecular complexity index is 624. The monoisotopic (exact) mass is 356 g/mol. The molecule has 0 aliphatic heterocycles. The van der Waals surface area contributed by atoms with Crippen LogP contribution < -0.4 is 11.1 Å². The zero-order valence-corrected chi connectivity index (χ0v) is 14.8. The van der Waals surface area contributed by atoms with E-state index in [0.29, 0.717) is 22.3 Å². The van der Waals surface area contributed by atoms with Crippen molar-refractivity contribution in [3.05, 3.63) is 58.5 Å².